The van der Waals surface area contributed by atoms with Gasteiger partial charge in [-0.3, -0.25) is 9.59 Å². The van der Waals surface area contributed by atoms with Crippen LogP contribution in [-0.2, 0) is 16.1 Å². The number of carbonyl (C=O) groups is 2. The van der Waals surface area contributed by atoms with Gasteiger partial charge in [-0.1, -0.05) is 47.5 Å². The maximum atomic E-state index is 13.0. The monoisotopic (exact) mass is 411 g/mol. The molecule has 2 amide bonds. The largest absolute Gasteiger partial charge is 0.368 e. The average Bonchev–Trinajstić information content (AvgIpc) is 3.09. The highest BCUT2D eigenvalue weighted by Crippen LogP contribution is 2.25. The molecular formula is C23H26ClN3O2. The van der Waals surface area contributed by atoms with Crippen LogP contribution in [0, 0.1) is 12.8 Å². The number of benzene rings is 2. The molecule has 2 aliphatic rings. The molecule has 6 heteroatoms. The van der Waals surface area contributed by atoms with E-state index in [1.165, 1.54) is 5.56 Å². The molecule has 29 heavy (non-hydrogen) atoms. The molecule has 2 aromatic rings. The minimum absolute atomic E-state index is 0.0708. The summed E-state index contributed by atoms with van der Waals surface area (Å²) in [4.78, 5) is 31.4. The lowest BCUT2D eigenvalue weighted by molar-refractivity contribution is -0.136. The van der Waals surface area contributed by atoms with Gasteiger partial charge in [-0.05, 0) is 30.7 Å². The quantitative estimate of drug-likeness (QED) is 0.775. The minimum Gasteiger partial charge on any atom is -0.368 e. The summed E-state index contributed by atoms with van der Waals surface area (Å²) in [5, 5.41) is 0.721. The molecule has 0 N–H and O–H groups in total. The van der Waals surface area contributed by atoms with Gasteiger partial charge in [0, 0.05) is 56.4 Å². The van der Waals surface area contributed by atoms with Crippen LogP contribution in [0.5, 0.6) is 0 Å². The normalized spacial score (nSPS) is 19.7. The van der Waals surface area contributed by atoms with Gasteiger partial charge in [0.1, 0.15) is 0 Å². The van der Waals surface area contributed by atoms with Crippen molar-refractivity contribution < 1.29 is 9.59 Å². The van der Waals surface area contributed by atoms with Crippen molar-refractivity contribution >= 4 is 29.1 Å². The summed E-state index contributed by atoms with van der Waals surface area (Å²) in [5.74, 6) is -0.0531. The molecule has 0 radical (unpaired) electrons. The first-order valence-corrected chi connectivity index (χ1v) is 10.5. The third-order valence-electron chi connectivity index (χ3n) is 5.82. The first-order chi connectivity index (χ1) is 14.0. The molecule has 2 aliphatic heterocycles. The number of anilines is 1. The molecular weight excluding hydrogens is 386 g/mol. The molecule has 0 saturated carbocycles. The highest BCUT2D eigenvalue weighted by molar-refractivity contribution is 6.30. The van der Waals surface area contributed by atoms with E-state index in [1.54, 1.807) is 0 Å². The lowest BCUT2D eigenvalue weighted by atomic mass is 10.1. The van der Waals surface area contributed by atoms with Gasteiger partial charge < -0.3 is 14.7 Å². The SMILES string of the molecule is Cc1ccc(CN2C[C@H](C(=O)N3CCN(c4cccc(Cl)c4)CC3)CC2=O)cc1. The topological polar surface area (TPSA) is 43.9 Å². The van der Waals surface area contributed by atoms with Crippen LogP contribution in [0.25, 0.3) is 0 Å². The first-order valence-electron chi connectivity index (χ1n) is 10.1. The van der Waals surface area contributed by atoms with Gasteiger partial charge in [0.15, 0.2) is 0 Å². The number of rotatable bonds is 4. The molecule has 152 valence electrons. The van der Waals surface area contributed by atoms with Crippen LogP contribution in [0.2, 0.25) is 5.02 Å². The highest BCUT2D eigenvalue weighted by atomic mass is 35.5. The smallest absolute Gasteiger partial charge is 0.228 e. The maximum Gasteiger partial charge on any atom is 0.228 e. The van der Waals surface area contributed by atoms with Crippen molar-refractivity contribution in [3.8, 4) is 0 Å². The Morgan fingerprint density at radius 1 is 1.07 bits per heavy atom. The molecule has 0 aromatic heterocycles. The maximum absolute atomic E-state index is 13.0. The summed E-state index contributed by atoms with van der Waals surface area (Å²) in [5.41, 5.74) is 3.39. The molecule has 1 atom stereocenters. The minimum atomic E-state index is -0.231. The first kappa shape index (κ1) is 19.8. The van der Waals surface area contributed by atoms with Crippen LogP contribution in [-0.4, -0.2) is 54.3 Å². The Balaban J connectivity index is 1.32. The van der Waals surface area contributed by atoms with Gasteiger partial charge in [0.25, 0.3) is 0 Å². The molecule has 4 rings (SSSR count). The molecule has 0 bridgehead atoms. The van der Waals surface area contributed by atoms with E-state index in [1.807, 2.05) is 53.1 Å². The number of hydrogen-bond acceptors (Lipinski definition) is 3. The van der Waals surface area contributed by atoms with E-state index in [4.69, 9.17) is 11.6 Å². The van der Waals surface area contributed by atoms with Crippen LogP contribution < -0.4 is 4.90 Å². The van der Waals surface area contributed by atoms with E-state index in [9.17, 15) is 9.59 Å². The summed E-state index contributed by atoms with van der Waals surface area (Å²) in [6.45, 7) is 6.04. The van der Waals surface area contributed by atoms with E-state index < -0.39 is 0 Å². The highest BCUT2D eigenvalue weighted by Gasteiger charge is 2.37. The second-order valence-corrected chi connectivity index (χ2v) is 8.39. The van der Waals surface area contributed by atoms with Crippen molar-refractivity contribution in [3.63, 3.8) is 0 Å². The van der Waals surface area contributed by atoms with E-state index >= 15 is 0 Å². The molecule has 5 nitrogen and oxygen atoms in total. The zero-order chi connectivity index (χ0) is 20.4. The second-order valence-electron chi connectivity index (χ2n) is 7.95. The van der Waals surface area contributed by atoms with Gasteiger partial charge in [0.05, 0.1) is 5.92 Å². The number of hydrogen-bond donors (Lipinski definition) is 0. The van der Waals surface area contributed by atoms with Crippen molar-refractivity contribution in [2.75, 3.05) is 37.6 Å². The van der Waals surface area contributed by atoms with Gasteiger partial charge in [-0.25, -0.2) is 0 Å². The fourth-order valence-corrected chi connectivity index (χ4v) is 4.30. The third kappa shape index (κ3) is 4.56. The fraction of sp³-hybridized carbons (Fsp3) is 0.391. The number of piperazine rings is 1. The Bertz CT molecular complexity index is 891. The van der Waals surface area contributed by atoms with Gasteiger partial charge in [-0.15, -0.1) is 0 Å². The molecule has 2 saturated heterocycles. The van der Waals surface area contributed by atoms with Gasteiger partial charge in [0.2, 0.25) is 11.8 Å². The average molecular weight is 412 g/mol. The summed E-state index contributed by atoms with van der Waals surface area (Å²) in [7, 11) is 0. The Hall–Kier alpha value is -2.53. The van der Waals surface area contributed by atoms with Crippen molar-refractivity contribution in [3.05, 3.63) is 64.7 Å². The lowest BCUT2D eigenvalue weighted by Crippen LogP contribution is -2.50. The van der Waals surface area contributed by atoms with Crippen LogP contribution in [0.4, 0.5) is 5.69 Å². The number of halogens is 1. The van der Waals surface area contributed by atoms with Crippen molar-refractivity contribution in [1.82, 2.24) is 9.80 Å². The Kier molecular flexibility index (Phi) is 5.76. The van der Waals surface area contributed by atoms with Crippen LogP contribution in [0.15, 0.2) is 48.5 Å². The number of likely N-dealkylation sites (tertiary alicyclic amines) is 1. The number of nitrogens with zero attached hydrogens (tertiary/aromatic N) is 3. The van der Waals surface area contributed by atoms with E-state index in [0.29, 0.717) is 32.6 Å². The zero-order valence-corrected chi connectivity index (χ0v) is 17.4. The number of aryl methyl sites for hydroxylation is 1. The molecule has 2 heterocycles. The Labute approximate surface area is 176 Å². The zero-order valence-electron chi connectivity index (χ0n) is 16.7. The van der Waals surface area contributed by atoms with Crippen molar-refractivity contribution in [1.29, 1.82) is 0 Å². The van der Waals surface area contributed by atoms with E-state index in [-0.39, 0.29) is 17.7 Å². The van der Waals surface area contributed by atoms with Crippen LogP contribution in [0.1, 0.15) is 17.5 Å². The summed E-state index contributed by atoms with van der Waals surface area (Å²) in [6.07, 6.45) is 0.319. The van der Waals surface area contributed by atoms with E-state index in [0.717, 1.165) is 29.4 Å². The van der Waals surface area contributed by atoms with Crippen LogP contribution >= 0.6 is 11.6 Å². The van der Waals surface area contributed by atoms with Crippen LogP contribution in [0.3, 0.4) is 0 Å². The standard InChI is InChI=1S/C23H26ClN3O2/c1-17-5-7-18(8-6-17)15-27-16-19(13-22(27)28)23(29)26-11-9-25(10-12-26)21-4-2-3-20(24)14-21/h2-8,14,19H,9-13,15-16H2,1H3/t19-/m1/s1. The van der Waals surface area contributed by atoms with E-state index in [2.05, 4.69) is 17.0 Å². The summed E-state index contributed by atoms with van der Waals surface area (Å²) in [6, 6.07) is 16.0. The fourth-order valence-electron chi connectivity index (χ4n) is 4.12. The molecule has 0 spiro atoms. The predicted octanol–water partition coefficient (Wildman–Crippen LogP) is 3.35. The second kappa shape index (κ2) is 8.46. The summed E-state index contributed by atoms with van der Waals surface area (Å²) >= 11 is 6.09. The van der Waals surface area contributed by atoms with Crippen molar-refractivity contribution in [2.24, 2.45) is 5.92 Å². The van der Waals surface area contributed by atoms with Crippen molar-refractivity contribution in [2.45, 2.75) is 19.9 Å². The molecule has 0 aliphatic carbocycles. The molecule has 2 fully saturated rings. The molecule has 0 unspecified atom stereocenters. The number of carbonyl (C=O) groups excluding carboxylic acids is 2. The Morgan fingerprint density at radius 2 is 1.79 bits per heavy atom. The predicted molar refractivity (Wildman–Crippen MR) is 115 cm³/mol. The van der Waals surface area contributed by atoms with Gasteiger partial charge in [-0.2, -0.15) is 0 Å². The Morgan fingerprint density at radius 3 is 2.48 bits per heavy atom. The summed E-state index contributed by atoms with van der Waals surface area (Å²) < 4.78 is 0. The number of amides is 2. The van der Waals surface area contributed by atoms with Gasteiger partial charge >= 0.3 is 0 Å². The lowest BCUT2D eigenvalue weighted by Gasteiger charge is -2.37. The molecule has 2 aromatic carbocycles. The third-order valence-corrected chi connectivity index (χ3v) is 6.06.